The number of benzene rings is 2. The molecule has 4 heteroatoms. The number of rotatable bonds is 13. The third-order valence-corrected chi connectivity index (χ3v) is 8.07. The zero-order valence-electron chi connectivity index (χ0n) is 22.0. The Labute approximate surface area is 218 Å². The minimum atomic E-state index is 0.0378. The standard InChI is InChI=1S/C32H44N2O2/c35-31(27-15-5-1-6-16-27)29(25-33-21-11-3-12-22-33)19-9-10-20-30(26-34-23-13-4-14-24-34)32(36)28-17-7-2-8-18-28/h1-2,5-8,15-18,29-30H,3-4,9-14,19-26H2/t29-,30-/m1/s1. The van der Waals surface area contributed by atoms with Crippen LogP contribution in [0.3, 0.4) is 0 Å². The van der Waals surface area contributed by atoms with Gasteiger partial charge in [-0.05, 0) is 64.7 Å². The Balaban J connectivity index is 1.36. The molecule has 0 aromatic heterocycles. The Morgan fingerprint density at radius 3 is 1.28 bits per heavy atom. The number of carbonyl (C=O) groups is 2. The van der Waals surface area contributed by atoms with E-state index in [0.29, 0.717) is 0 Å². The predicted molar refractivity (Wildman–Crippen MR) is 148 cm³/mol. The summed E-state index contributed by atoms with van der Waals surface area (Å²) in [4.78, 5) is 31.8. The summed E-state index contributed by atoms with van der Waals surface area (Å²) in [7, 11) is 0. The summed E-state index contributed by atoms with van der Waals surface area (Å²) in [5.41, 5.74) is 1.67. The Hall–Kier alpha value is -2.30. The molecule has 0 bridgehead atoms. The number of hydrogen-bond donors (Lipinski definition) is 0. The zero-order valence-corrected chi connectivity index (χ0v) is 22.0. The van der Waals surface area contributed by atoms with E-state index in [1.54, 1.807) is 0 Å². The van der Waals surface area contributed by atoms with Crippen LogP contribution in [-0.2, 0) is 0 Å². The Morgan fingerprint density at radius 2 is 0.917 bits per heavy atom. The average molecular weight is 489 g/mol. The van der Waals surface area contributed by atoms with Crippen molar-refractivity contribution in [2.75, 3.05) is 39.3 Å². The smallest absolute Gasteiger partial charge is 0.167 e. The molecule has 0 amide bonds. The first-order chi connectivity index (χ1) is 17.7. The van der Waals surface area contributed by atoms with Crippen LogP contribution in [0.15, 0.2) is 60.7 Å². The Morgan fingerprint density at radius 1 is 0.556 bits per heavy atom. The highest BCUT2D eigenvalue weighted by atomic mass is 16.1. The van der Waals surface area contributed by atoms with Gasteiger partial charge >= 0.3 is 0 Å². The molecular formula is C32H44N2O2. The molecule has 4 rings (SSSR count). The molecular weight excluding hydrogens is 444 g/mol. The summed E-state index contributed by atoms with van der Waals surface area (Å²) >= 11 is 0. The van der Waals surface area contributed by atoms with Gasteiger partial charge < -0.3 is 9.80 Å². The van der Waals surface area contributed by atoms with E-state index in [4.69, 9.17) is 0 Å². The molecule has 2 aromatic carbocycles. The summed E-state index contributed by atoms with van der Waals surface area (Å²) in [5.74, 6) is 0.643. The fourth-order valence-electron chi connectivity index (χ4n) is 5.98. The van der Waals surface area contributed by atoms with Crippen LogP contribution in [0, 0.1) is 11.8 Å². The van der Waals surface area contributed by atoms with Crippen molar-refractivity contribution in [2.45, 2.75) is 64.2 Å². The van der Waals surface area contributed by atoms with Gasteiger partial charge in [0.05, 0.1) is 0 Å². The molecule has 0 unspecified atom stereocenters. The third-order valence-electron chi connectivity index (χ3n) is 8.07. The van der Waals surface area contributed by atoms with Crippen molar-refractivity contribution in [3.8, 4) is 0 Å². The van der Waals surface area contributed by atoms with Crippen LogP contribution in [-0.4, -0.2) is 60.6 Å². The van der Waals surface area contributed by atoms with Crippen molar-refractivity contribution in [2.24, 2.45) is 11.8 Å². The number of carbonyl (C=O) groups excluding carboxylic acids is 2. The van der Waals surface area contributed by atoms with Crippen LogP contribution in [0.25, 0.3) is 0 Å². The van der Waals surface area contributed by atoms with Gasteiger partial charge in [-0.15, -0.1) is 0 Å². The molecule has 0 N–H and O–H groups in total. The molecule has 0 spiro atoms. The maximum Gasteiger partial charge on any atom is 0.167 e. The number of Topliss-reactive ketones (excluding diaryl/α,β-unsaturated/α-hetero) is 2. The second-order valence-corrected chi connectivity index (χ2v) is 10.9. The summed E-state index contributed by atoms with van der Waals surface area (Å²) < 4.78 is 0. The van der Waals surface area contributed by atoms with Crippen molar-refractivity contribution >= 4 is 11.6 Å². The van der Waals surface area contributed by atoms with E-state index in [0.717, 1.165) is 76.1 Å². The number of nitrogens with zero attached hydrogens (tertiary/aromatic N) is 2. The normalized spacial score (nSPS) is 19.0. The molecule has 2 atom stereocenters. The highest BCUT2D eigenvalue weighted by molar-refractivity contribution is 5.98. The fourth-order valence-corrected chi connectivity index (χ4v) is 5.98. The predicted octanol–water partition coefficient (Wildman–Crippen LogP) is 6.52. The first-order valence-electron chi connectivity index (χ1n) is 14.3. The van der Waals surface area contributed by atoms with Gasteiger partial charge in [-0.3, -0.25) is 9.59 Å². The molecule has 2 fully saturated rings. The maximum atomic E-state index is 13.4. The highest BCUT2D eigenvalue weighted by Crippen LogP contribution is 2.24. The van der Waals surface area contributed by atoms with Gasteiger partial charge in [-0.2, -0.15) is 0 Å². The SMILES string of the molecule is O=C(c1ccccc1)[C@H](CCCC[C@H](CN1CCCCC1)C(=O)c1ccccc1)CN1CCCCC1. The Kier molecular flexibility index (Phi) is 10.7. The van der Waals surface area contributed by atoms with Crippen LogP contribution >= 0.6 is 0 Å². The first-order valence-corrected chi connectivity index (χ1v) is 14.3. The third kappa shape index (κ3) is 8.11. The molecule has 2 heterocycles. The molecule has 0 radical (unpaired) electrons. The van der Waals surface area contributed by atoms with Gasteiger partial charge in [-0.1, -0.05) is 86.3 Å². The minimum absolute atomic E-state index is 0.0378. The summed E-state index contributed by atoms with van der Waals surface area (Å²) in [6, 6.07) is 19.6. The van der Waals surface area contributed by atoms with E-state index >= 15 is 0 Å². The molecule has 36 heavy (non-hydrogen) atoms. The van der Waals surface area contributed by atoms with Gasteiger partial charge in [-0.25, -0.2) is 0 Å². The van der Waals surface area contributed by atoms with Gasteiger partial charge in [0.1, 0.15) is 0 Å². The number of piperidine rings is 2. The fraction of sp³-hybridized carbons (Fsp3) is 0.562. The van der Waals surface area contributed by atoms with E-state index < -0.39 is 0 Å². The molecule has 2 aromatic rings. The van der Waals surface area contributed by atoms with E-state index in [9.17, 15) is 9.59 Å². The minimum Gasteiger partial charge on any atom is -0.303 e. The van der Waals surface area contributed by atoms with Crippen molar-refractivity contribution in [1.29, 1.82) is 0 Å². The van der Waals surface area contributed by atoms with Crippen molar-refractivity contribution < 1.29 is 9.59 Å². The van der Waals surface area contributed by atoms with Crippen molar-refractivity contribution in [3.63, 3.8) is 0 Å². The lowest BCUT2D eigenvalue weighted by molar-refractivity contribution is 0.0833. The van der Waals surface area contributed by atoms with Crippen molar-refractivity contribution in [3.05, 3.63) is 71.8 Å². The monoisotopic (exact) mass is 488 g/mol. The Bertz CT molecular complexity index is 840. The topological polar surface area (TPSA) is 40.6 Å². The highest BCUT2D eigenvalue weighted by Gasteiger charge is 2.26. The maximum absolute atomic E-state index is 13.4. The van der Waals surface area contributed by atoms with Crippen LogP contribution in [0.1, 0.15) is 84.9 Å². The van der Waals surface area contributed by atoms with Gasteiger partial charge in [0, 0.05) is 36.1 Å². The number of likely N-dealkylation sites (tertiary alicyclic amines) is 2. The number of ketones is 2. The van der Waals surface area contributed by atoms with E-state index in [1.807, 2.05) is 60.7 Å². The van der Waals surface area contributed by atoms with Crippen molar-refractivity contribution in [1.82, 2.24) is 9.80 Å². The van der Waals surface area contributed by atoms with E-state index in [2.05, 4.69) is 9.80 Å². The molecule has 0 aliphatic carbocycles. The second kappa shape index (κ2) is 14.4. The largest absolute Gasteiger partial charge is 0.303 e. The van der Waals surface area contributed by atoms with Gasteiger partial charge in [0.25, 0.3) is 0 Å². The average Bonchev–Trinajstić information content (AvgIpc) is 2.95. The van der Waals surface area contributed by atoms with Gasteiger partial charge in [0.2, 0.25) is 0 Å². The number of unbranched alkanes of at least 4 members (excludes halogenated alkanes) is 1. The summed E-state index contributed by atoms with van der Waals surface area (Å²) in [6.45, 7) is 6.19. The molecule has 2 aliphatic rings. The van der Waals surface area contributed by atoms with E-state index in [1.165, 1.54) is 38.5 Å². The molecule has 0 saturated carbocycles. The first kappa shape index (κ1) is 26.8. The molecule has 194 valence electrons. The second-order valence-electron chi connectivity index (χ2n) is 10.9. The van der Waals surface area contributed by atoms with Crippen LogP contribution in [0.4, 0.5) is 0 Å². The molecule has 4 nitrogen and oxygen atoms in total. The van der Waals surface area contributed by atoms with Crippen LogP contribution in [0.2, 0.25) is 0 Å². The number of hydrogen-bond acceptors (Lipinski definition) is 4. The lowest BCUT2D eigenvalue weighted by Crippen LogP contribution is -2.37. The van der Waals surface area contributed by atoms with Gasteiger partial charge in [0.15, 0.2) is 11.6 Å². The summed E-state index contributed by atoms with van der Waals surface area (Å²) in [5, 5.41) is 0. The van der Waals surface area contributed by atoms with Crippen LogP contribution in [0.5, 0.6) is 0 Å². The molecule has 2 aliphatic heterocycles. The van der Waals surface area contributed by atoms with E-state index in [-0.39, 0.29) is 23.4 Å². The lowest BCUT2D eigenvalue weighted by Gasteiger charge is -2.31. The lowest BCUT2D eigenvalue weighted by atomic mass is 9.88. The van der Waals surface area contributed by atoms with Crippen LogP contribution < -0.4 is 0 Å². The quantitative estimate of drug-likeness (QED) is 0.238. The summed E-state index contributed by atoms with van der Waals surface area (Å²) in [6.07, 6.45) is 11.4. The zero-order chi connectivity index (χ0) is 25.0. The molecule has 2 saturated heterocycles.